The lowest BCUT2D eigenvalue weighted by Crippen LogP contribution is -2.33. The van der Waals surface area contributed by atoms with Crippen molar-refractivity contribution >= 4 is 34.5 Å². The number of thiophene rings is 1. The third-order valence-corrected chi connectivity index (χ3v) is 4.59. The van der Waals surface area contributed by atoms with Crippen LogP contribution in [0.25, 0.3) is 0 Å². The van der Waals surface area contributed by atoms with E-state index in [0.29, 0.717) is 6.10 Å². The van der Waals surface area contributed by atoms with Gasteiger partial charge in [0.1, 0.15) is 0 Å². The summed E-state index contributed by atoms with van der Waals surface area (Å²) < 4.78 is 7.20. The van der Waals surface area contributed by atoms with Crippen LogP contribution in [-0.2, 0) is 4.74 Å². The molecule has 2 rings (SSSR count). The Balaban J connectivity index is 1.84. The van der Waals surface area contributed by atoms with E-state index in [1.807, 2.05) is 6.07 Å². The Labute approximate surface area is 116 Å². The van der Waals surface area contributed by atoms with Gasteiger partial charge in [0.05, 0.1) is 14.8 Å². The average Bonchev–Trinajstić information content (AvgIpc) is 2.67. The highest BCUT2D eigenvalue weighted by Gasteiger charge is 2.17. The number of rotatable bonds is 4. The van der Waals surface area contributed by atoms with Crippen molar-refractivity contribution < 1.29 is 4.74 Å². The SMILES string of the molecule is CC(NCC1CCCCO1)c1cc(Cl)sc1Cl. The van der Waals surface area contributed by atoms with Crippen LogP contribution in [-0.4, -0.2) is 19.3 Å². The molecule has 1 N–H and O–H groups in total. The molecule has 1 saturated heterocycles. The van der Waals surface area contributed by atoms with Gasteiger partial charge in [-0.1, -0.05) is 23.2 Å². The molecule has 0 aromatic carbocycles. The molecule has 0 saturated carbocycles. The van der Waals surface area contributed by atoms with Gasteiger partial charge >= 0.3 is 0 Å². The molecule has 1 aromatic rings. The number of nitrogens with one attached hydrogen (secondary N) is 1. The molecule has 2 atom stereocenters. The van der Waals surface area contributed by atoms with Crippen molar-refractivity contribution in [2.45, 2.75) is 38.3 Å². The number of hydrogen-bond acceptors (Lipinski definition) is 3. The first-order chi connectivity index (χ1) is 8.16. The lowest BCUT2D eigenvalue weighted by molar-refractivity contribution is 0.0156. The summed E-state index contributed by atoms with van der Waals surface area (Å²) >= 11 is 13.5. The van der Waals surface area contributed by atoms with Crippen molar-refractivity contribution in [1.29, 1.82) is 0 Å². The van der Waals surface area contributed by atoms with Gasteiger partial charge in [0.15, 0.2) is 0 Å². The molecule has 0 spiro atoms. The first-order valence-corrected chi connectivity index (χ1v) is 7.54. The van der Waals surface area contributed by atoms with Gasteiger partial charge in [0.25, 0.3) is 0 Å². The van der Waals surface area contributed by atoms with E-state index in [4.69, 9.17) is 27.9 Å². The maximum atomic E-state index is 6.12. The van der Waals surface area contributed by atoms with Gasteiger partial charge in [-0.25, -0.2) is 0 Å². The normalized spacial score (nSPS) is 22.6. The minimum Gasteiger partial charge on any atom is -0.377 e. The Kier molecular flexibility index (Phi) is 5.12. The second kappa shape index (κ2) is 6.39. The zero-order valence-electron chi connectivity index (χ0n) is 9.84. The maximum Gasteiger partial charge on any atom is 0.0991 e. The maximum absolute atomic E-state index is 6.12. The Morgan fingerprint density at radius 1 is 1.53 bits per heavy atom. The zero-order chi connectivity index (χ0) is 12.3. The molecule has 5 heteroatoms. The molecule has 1 aliphatic heterocycles. The quantitative estimate of drug-likeness (QED) is 0.895. The lowest BCUT2D eigenvalue weighted by atomic mass is 10.1. The molecule has 2 nitrogen and oxygen atoms in total. The molecule has 0 bridgehead atoms. The van der Waals surface area contributed by atoms with Gasteiger partial charge in [-0.05, 0) is 37.8 Å². The van der Waals surface area contributed by atoms with E-state index in [1.165, 1.54) is 24.2 Å². The molecular formula is C12H17Cl2NOS. The van der Waals surface area contributed by atoms with Crippen LogP contribution in [0, 0.1) is 0 Å². The highest BCUT2D eigenvalue weighted by atomic mass is 35.5. The average molecular weight is 294 g/mol. The fourth-order valence-electron chi connectivity index (χ4n) is 2.03. The summed E-state index contributed by atoms with van der Waals surface area (Å²) in [5.41, 5.74) is 1.08. The second-order valence-electron chi connectivity index (χ2n) is 4.40. The minimum absolute atomic E-state index is 0.219. The second-order valence-corrected chi connectivity index (χ2v) is 6.68. The van der Waals surface area contributed by atoms with Gasteiger partial charge in [-0.2, -0.15) is 0 Å². The predicted molar refractivity (Wildman–Crippen MR) is 74.3 cm³/mol. The van der Waals surface area contributed by atoms with E-state index in [9.17, 15) is 0 Å². The number of ether oxygens (including phenoxy) is 1. The molecule has 1 aromatic heterocycles. The lowest BCUT2D eigenvalue weighted by Gasteiger charge is -2.24. The molecule has 96 valence electrons. The summed E-state index contributed by atoms with van der Waals surface area (Å²) in [6, 6.07) is 2.16. The van der Waals surface area contributed by atoms with Gasteiger partial charge in [0.2, 0.25) is 0 Å². The molecule has 1 aliphatic rings. The van der Waals surface area contributed by atoms with Gasteiger partial charge in [0, 0.05) is 19.2 Å². The van der Waals surface area contributed by atoms with Gasteiger partial charge < -0.3 is 10.1 Å². The molecule has 17 heavy (non-hydrogen) atoms. The largest absolute Gasteiger partial charge is 0.377 e. The standard InChI is InChI=1S/C12H17Cl2NOS/c1-8(10-6-11(13)17-12(10)14)15-7-9-4-2-3-5-16-9/h6,8-9,15H,2-5,7H2,1H3. The number of halogens is 2. The topological polar surface area (TPSA) is 21.3 Å². The molecule has 2 heterocycles. The fraction of sp³-hybridized carbons (Fsp3) is 0.667. The van der Waals surface area contributed by atoms with Crippen LogP contribution in [0.5, 0.6) is 0 Å². The first-order valence-electron chi connectivity index (χ1n) is 5.96. The monoisotopic (exact) mass is 293 g/mol. The summed E-state index contributed by atoms with van der Waals surface area (Å²) in [5, 5.41) is 3.46. The van der Waals surface area contributed by atoms with Gasteiger partial charge in [-0.3, -0.25) is 0 Å². The minimum atomic E-state index is 0.219. The predicted octanol–water partition coefficient (Wildman–Crippen LogP) is 4.27. The smallest absolute Gasteiger partial charge is 0.0991 e. The Hall–Kier alpha value is 0.200. The highest BCUT2D eigenvalue weighted by molar-refractivity contribution is 7.20. The van der Waals surface area contributed by atoms with Crippen molar-refractivity contribution in [3.05, 3.63) is 20.3 Å². The Morgan fingerprint density at radius 3 is 2.94 bits per heavy atom. The third-order valence-electron chi connectivity index (χ3n) is 3.08. The highest BCUT2D eigenvalue weighted by Crippen LogP contribution is 2.34. The van der Waals surface area contributed by atoms with Crippen LogP contribution in [0.3, 0.4) is 0 Å². The molecule has 0 aliphatic carbocycles. The van der Waals surface area contributed by atoms with Crippen LogP contribution in [0.2, 0.25) is 8.67 Å². The van der Waals surface area contributed by atoms with E-state index in [1.54, 1.807) is 0 Å². The molecular weight excluding hydrogens is 277 g/mol. The van der Waals surface area contributed by atoms with E-state index >= 15 is 0 Å². The van der Waals surface area contributed by atoms with Crippen LogP contribution < -0.4 is 5.32 Å². The summed E-state index contributed by atoms with van der Waals surface area (Å²) in [6.45, 7) is 3.88. The van der Waals surface area contributed by atoms with E-state index in [-0.39, 0.29) is 6.04 Å². The van der Waals surface area contributed by atoms with Crippen molar-refractivity contribution in [3.63, 3.8) is 0 Å². The molecule has 1 fully saturated rings. The summed E-state index contributed by atoms with van der Waals surface area (Å²) in [7, 11) is 0. The summed E-state index contributed by atoms with van der Waals surface area (Å²) in [6.07, 6.45) is 3.96. The van der Waals surface area contributed by atoms with Crippen LogP contribution in [0.1, 0.15) is 37.8 Å². The third kappa shape index (κ3) is 3.83. The molecule has 0 amide bonds. The van der Waals surface area contributed by atoms with Gasteiger partial charge in [-0.15, -0.1) is 11.3 Å². The zero-order valence-corrected chi connectivity index (χ0v) is 12.2. The van der Waals surface area contributed by atoms with Crippen molar-refractivity contribution in [1.82, 2.24) is 5.32 Å². The van der Waals surface area contributed by atoms with E-state index < -0.39 is 0 Å². The Bertz CT molecular complexity index is 363. The van der Waals surface area contributed by atoms with Crippen molar-refractivity contribution in [2.24, 2.45) is 0 Å². The summed E-state index contributed by atoms with van der Waals surface area (Å²) in [5.74, 6) is 0. The molecule has 0 radical (unpaired) electrons. The summed E-state index contributed by atoms with van der Waals surface area (Å²) in [4.78, 5) is 0. The van der Waals surface area contributed by atoms with Crippen LogP contribution in [0.15, 0.2) is 6.07 Å². The Morgan fingerprint density at radius 2 is 2.35 bits per heavy atom. The van der Waals surface area contributed by atoms with Crippen molar-refractivity contribution in [2.75, 3.05) is 13.2 Å². The van der Waals surface area contributed by atoms with Crippen LogP contribution >= 0.6 is 34.5 Å². The van der Waals surface area contributed by atoms with Crippen LogP contribution in [0.4, 0.5) is 0 Å². The number of hydrogen-bond donors (Lipinski definition) is 1. The molecule has 2 unspecified atom stereocenters. The fourth-order valence-corrected chi connectivity index (χ4v) is 3.68. The first kappa shape index (κ1) is 13.6. The van der Waals surface area contributed by atoms with E-state index in [2.05, 4.69) is 12.2 Å². The van der Waals surface area contributed by atoms with E-state index in [0.717, 1.165) is 33.8 Å². The van der Waals surface area contributed by atoms with Crippen molar-refractivity contribution in [3.8, 4) is 0 Å².